The van der Waals surface area contributed by atoms with Crippen LogP contribution in [0.25, 0.3) is 0 Å². The number of rotatable bonds is 4. The van der Waals surface area contributed by atoms with Crippen LogP contribution in [0.2, 0.25) is 0 Å². The van der Waals surface area contributed by atoms with Crippen LogP contribution in [0.5, 0.6) is 28.7 Å². The van der Waals surface area contributed by atoms with Crippen molar-refractivity contribution in [2.45, 2.75) is 12.5 Å². The van der Waals surface area contributed by atoms with E-state index in [9.17, 15) is 15.0 Å². The molecule has 1 aliphatic heterocycles. The number of methoxy groups -OCH3 is 2. The van der Waals surface area contributed by atoms with Crippen molar-refractivity contribution in [1.82, 2.24) is 0 Å². The smallest absolute Gasteiger partial charge is 0.338 e. The van der Waals surface area contributed by atoms with Gasteiger partial charge in [0.25, 0.3) is 0 Å². The summed E-state index contributed by atoms with van der Waals surface area (Å²) in [6, 6.07) is 7.26. The number of carbonyl (C=O) groups is 1. The quantitative estimate of drug-likeness (QED) is 0.648. The van der Waals surface area contributed by atoms with Crippen LogP contribution in [-0.4, -0.2) is 43.1 Å². The molecule has 25 heavy (non-hydrogen) atoms. The van der Waals surface area contributed by atoms with Crippen molar-refractivity contribution < 1.29 is 34.0 Å². The molecular weight excluding hydrogens is 328 g/mol. The van der Waals surface area contributed by atoms with Gasteiger partial charge in [-0.2, -0.15) is 0 Å². The summed E-state index contributed by atoms with van der Waals surface area (Å²) < 4.78 is 21.7. The minimum Gasteiger partial charge on any atom is -0.504 e. The number of carbonyl (C=O) groups excluding carboxylic acids is 1. The molecule has 0 bridgehead atoms. The molecule has 0 amide bonds. The van der Waals surface area contributed by atoms with Crippen LogP contribution < -0.4 is 14.2 Å². The summed E-state index contributed by atoms with van der Waals surface area (Å²) >= 11 is 0. The molecule has 1 unspecified atom stereocenters. The zero-order valence-electron chi connectivity index (χ0n) is 13.8. The summed E-state index contributed by atoms with van der Waals surface area (Å²) in [5.41, 5.74) is 0.934. The first-order valence-corrected chi connectivity index (χ1v) is 7.62. The van der Waals surface area contributed by atoms with Crippen molar-refractivity contribution in [3.8, 4) is 28.7 Å². The molecule has 3 rings (SSSR count). The lowest BCUT2D eigenvalue weighted by Crippen LogP contribution is -2.31. The second kappa shape index (κ2) is 6.80. The predicted molar refractivity (Wildman–Crippen MR) is 87.7 cm³/mol. The largest absolute Gasteiger partial charge is 0.504 e. The minimum atomic E-state index is -0.611. The topological polar surface area (TPSA) is 94.5 Å². The molecule has 7 heteroatoms. The maximum atomic E-state index is 12.2. The monoisotopic (exact) mass is 346 g/mol. The highest BCUT2D eigenvalue weighted by atomic mass is 16.6. The van der Waals surface area contributed by atoms with Crippen LogP contribution in [-0.2, 0) is 11.2 Å². The summed E-state index contributed by atoms with van der Waals surface area (Å²) in [5, 5.41) is 18.8. The highest BCUT2D eigenvalue weighted by Crippen LogP contribution is 2.38. The second-order valence-corrected chi connectivity index (χ2v) is 5.55. The molecule has 0 aliphatic carbocycles. The van der Waals surface area contributed by atoms with Crippen molar-refractivity contribution in [3.05, 3.63) is 41.5 Å². The molecular formula is C18H18O7. The van der Waals surface area contributed by atoms with E-state index in [4.69, 9.17) is 18.9 Å². The Labute approximate surface area is 144 Å². The van der Waals surface area contributed by atoms with Crippen molar-refractivity contribution in [1.29, 1.82) is 0 Å². The maximum absolute atomic E-state index is 12.2. The van der Waals surface area contributed by atoms with Gasteiger partial charge in [-0.25, -0.2) is 4.79 Å². The van der Waals surface area contributed by atoms with E-state index < -0.39 is 12.1 Å². The summed E-state index contributed by atoms with van der Waals surface area (Å²) in [4.78, 5) is 12.2. The summed E-state index contributed by atoms with van der Waals surface area (Å²) in [6.07, 6.45) is -0.0728. The van der Waals surface area contributed by atoms with E-state index >= 15 is 0 Å². The Balaban J connectivity index is 1.76. The molecule has 2 aromatic carbocycles. The van der Waals surface area contributed by atoms with Gasteiger partial charge in [0.05, 0.1) is 19.8 Å². The number of ether oxygens (including phenoxy) is 4. The average molecular weight is 346 g/mol. The van der Waals surface area contributed by atoms with E-state index in [0.29, 0.717) is 23.7 Å². The third-order valence-electron chi connectivity index (χ3n) is 3.94. The zero-order valence-corrected chi connectivity index (χ0v) is 13.8. The standard InChI is InChI=1S/C18H18O7/c1-22-11-7-16(23-2)13-6-12(9-24-17(13)8-11)25-18(21)10-3-4-14(19)15(20)5-10/h3-5,7-8,12,19-20H,6,9H2,1-2H3. The Morgan fingerprint density at radius 3 is 2.60 bits per heavy atom. The third kappa shape index (κ3) is 3.40. The number of hydrogen-bond acceptors (Lipinski definition) is 7. The lowest BCUT2D eigenvalue weighted by atomic mass is 10.0. The predicted octanol–water partition coefficient (Wildman–Crippen LogP) is 2.28. The van der Waals surface area contributed by atoms with Gasteiger partial charge in [0.1, 0.15) is 30.0 Å². The molecule has 0 saturated carbocycles. The molecule has 132 valence electrons. The van der Waals surface area contributed by atoms with Gasteiger partial charge in [-0.15, -0.1) is 0 Å². The van der Waals surface area contributed by atoms with Gasteiger partial charge in [0.2, 0.25) is 0 Å². The van der Waals surface area contributed by atoms with Gasteiger partial charge in [0.15, 0.2) is 11.5 Å². The molecule has 1 atom stereocenters. The maximum Gasteiger partial charge on any atom is 0.338 e. The molecule has 0 spiro atoms. The van der Waals surface area contributed by atoms with E-state index in [-0.39, 0.29) is 23.7 Å². The van der Waals surface area contributed by atoms with E-state index in [1.807, 2.05) is 0 Å². The van der Waals surface area contributed by atoms with E-state index in [1.165, 1.54) is 12.1 Å². The van der Waals surface area contributed by atoms with Gasteiger partial charge < -0.3 is 29.2 Å². The highest BCUT2D eigenvalue weighted by Gasteiger charge is 2.27. The fourth-order valence-electron chi connectivity index (χ4n) is 2.64. The Bertz CT molecular complexity index is 783. The number of phenolic OH excluding ortho intramolecular Hbond substituents is 2. The van der Waals surface area contributed by atoms with Crippen LogP contribution in [0, 0.1) is 0 Å². The van der Waals surface area contributed by atoms with Gasteiger partial charge >= 0.3 is 5.97 Å². The number of benzene rings is 2. The molecule has 7 nitrogen and oxygen atoms in total. The second-order valence-electron chi connectivity index (χ2n) is 5.55. The minimum absolute atomic E-state index is 0.141. The summed E-state index contributed by atoms with van der Waals surface area (Å²) in [6.45, 7) is 0.194. The Morgan fingerprint density at radius 2 is 1.92 bits per heavy atom. The molecule has 0 radical (unpaired) electrons. The number of esters is 1. The SMILES string of the molecule is COc1cc(OC)c2c(c1)OCC(OC(=O)c1ccc(O)c(O)c1)C2. The Hall–Kier alpha value is -3.09. The molecule has 1 aliphatic rings. The first kappa shape index (κ1) is 16.8. The highest BCUT2D eigenvalue weighted by molar-refractivity contribution is 5.90. The van der Waals surface area contributed by atoms with E-state index in [1.54, 1.807) is 26.4 Å². The van der Waals surface area contributed by atoms with Crippen molar-refractivity contribution >= 4 is 5.97 Å². The van der Waals surface area contributed by atoms with Gasteiger partial charge in [-0.05, 0) is 18.2 Å². The van der Waals surface area contributed by atoms with E-state index in [2.05, 4.69) is 0 Å². The lowest BCUT2D eigenvalue weighted by molar-refractivity contribution is 0.0128. The molecule has 0 saturated heterocycles. The third-order valence-corrected chi connectivity index (χ3v) is 3.94. The average Bonchev–Trinajstić information content (AvgIpc) is 2.62. The Morgan fingerprint density at radius 1 is 1.12 bits per heavy atom. The molecule has 0 fully saturated rings. The molecule has 2 aromatic rings. The Kier molecular flexibility index (Phi) is 4.56. The van der Waals surface area contributed by atoms with Gasteiger partial charge in [-0.1, -0.05) is 0 Å². The fraction of sp³-hybridized carbons (Fsp3) is 0.278. The summed E-state index contributed by atoms with van der Waals surface area (Å²) in [7, 11) is 3.10. The van der Waals surface area contributed by atoms with E-state index in [0.717, 1.165) is 11.6 Å². The van der Waals surface area contributed by atoms with Crippen LogP contribution in [0.4, 0.5) is 0 Å². The number of aromatic hydroxyl groups is 2. The van der Waals surface area contributed by atoms with Crippen LogP contribution in [0.1, 0.15) is 15.9 Å². The zero-order chi connectivity index (χ0) is 18.0. The van der Waals surface area contributed by atoms with Gasteiger partial charge in [-0.3, -0.25) is 0 Å². The lowest BCUT2D eigenvalue weighted by Gasteiger charge is -2.27. The number of hydrogen-bond donors (Lipinski definition) is 2. The molecule has 1 heterocycles. The first-order chi connectivity index (χ1) is 12.0. The van der Waals surface area contributed by atoms with Crippen LogP contribution in [0.3, 0.4) is 0 Å². The van der Waals surface area contributed by atoms with Crippen molar-refractivity contribution in [2.24, 2.45) is 0 Å². The number of phenols is 2. The van der Waals surface area contributed by atoms with Crippen molar-refractivity contribution in [2.75, 3.05) is 20.8 Å². The molecule has 2 N–H and O–H groups in total. The van der Waals surface area contributed by atoms with Crippen LogP contribution >= 0.6 is 0 Å². The van der Waals surface area contributed by atoms with Gasteiger partial charge in [0, 0.05) is 24.1 Å². The fourth-order valence-corrected chi connectivity index (χ4v) is 2.64. The molecule has 0 aromatic heterocycles. The van der Waals surface area contributed by atoms with Crippen molar-refractivity contribution in [3.63, 3.8) is 0 Å². The summed E-state index contributed by atoms with van der Waals surface area (Å²) in [5.74, 6) is 0.548. The normalized spacial score (nSPS) is 15.7. The van der Waals surface area contributed by atoms with Crippen LogP contribution in [0.15, 0.2) is 30.3 Å². The number of fused-ring (bicyclic) bond motifs is 1. The first-order valence-electron chi connectivity index (χ1n) is 7.62.